The van der Waals surface area contributed by atoms with E-state index in [2.05, 4.69) is 48.3 Å². The van der Waals surface area contributed by atoms with Crippen LogP contribution >= 0.6 is 0 Å². The Morgan fingerprint density at radius 2 is 1.80 bits per heavy atom. The molecule has 20 heavy (non-hydrogen) atoms. The first-order valence-electron chi connectivity index (χ1n) is 8.36. The Morgan fingerprint density at radius 3 is 2.45 bits per heavy atom. The number of nitrogens with zero attached hydrogens (tertiary/aromatic N) is 1. The van der Waals surface area contributed by atoms with Crippen molar-refractivity contribution in [3.05, 3.63) is 35.4 Å². The van der Waals surface area contributed by atoms with Gasteiger partial charge in [0.05, 0.1) is 0 Å². The average Bonchev–Trinajstić information content (AvgIpc) is 2.52. The number of rotatable bonds is 7. The second-order valence-electron chi connectivity index (χ2n) is 5.97. The van der Waals surface area contributed by atoms with Gasteiger partial charge in [-0.05, 0) is 56.4 Å². The van der Waals surface area contributed by atoms with Crippen LogP contribution in [0, 0.1) is 0 Å². The van der Waals surface area contributed by atoms with Crippen molar-refractivity contribution in [2.45, 2.75) is 58.5 Å². The SMILES string of the molecule is CCCCN1CCC(NCc2ccccc2CC)CC1. The van der Waals surface area contributed by atoms with E-state index in [9.17, 15) is 0 Å². The minimum absolute atomic E-state index is 0.706. The summed E-state index contributed by atoms with van der Waals surface area (Å²) in [5, 5.41) is 3.76. The van der Waals surface area contributed by atoms with Crippen LogP contribution in [0.5, 0.6) is 0 Å². The van der Waals surface area contributed by atoms with Crippen molar-refractivity contribution in [1.29, 1.82) is 0 Å². The summed E-state index contributed by atoms with van der Waals surface area (Å²) in [6.07, 6.45) is 6.40. The van der Waals surface area contributed by atoms with Gasteiger partial charge in [-0.15, -0.1) is 0 Å². The third-order valence-corrected chi connectivity index (χ3v) is 4.50. The van der Waals surface area contributed by atoms with Crippen molar-refractivity contribution in [2.75, 3.05) is 19.6 Å². The third kappa shape index (κ3) is 4.60. The van der Waals surface area contributed by atoms with E-state index in [0.717, 1.165) is 13.0 Å². The molecule has 0 bridgehead atoms. The molecule has 1 fully saturated rings. The van der Waals surface area contributed by atoms with Gasteiger partial charge in [-0.1, -0.05) is 44.5 Å². The molecule has 2 heteroatoms. The topological polar surface area (TPSA) is 15.3 Å². The Labute approximate surface area is 124 Å². The van der Waals surface area contributed by atoms with E-state index in [1.807, 2.05) is 0 Å². The molecule has 0 spiro atoms. The van der Waals surface area contributed by atoms with Gasteiger partial charge in [-0.2, -0.15) is 0 Å². The molecular weight excluding hydrogens is 244 g/mol. The van der Waals surface area contributed by atoms with E-state index in [0.29, 0.717) is 6.04 Å². The third-order valence-electron chi connectivity index (χ3n) is 4.50. The number of unbranched alkanes of at least 4 members (excludes halogenated alkanes) is 1. The van der Waals surface area contributed by atoms with Crippen LogP contribution in [0.3, 0.4) is 0 Å². The van der Waals surface area contributed by atoms with Crippen molar-refractivity contribution in [3.8, 4) is 0 Å². The molecule has 1 saturated heterocycles. The molecule has 1 aromatic rings. The van der Waals surface area contributed by atoms with Crippen molar-refractivity contribution >= 4 is 0 Å². The van der Waals surface area contributed by atoms with E-state index >= 15 is 0 Å². The molecule has 0 radical (unpaired) electrons. The summed E-state index contributed by atoms with van der Waals surface area (Å²) < 4.78 is 0. The Balaban J connectivity index is 1.73. The van der Waals surface area contributed by atoms with Crippen molar-refractivity contribution in [2.24, 2.45) is 0 Å². The molecule has 2 nitrogen and oxygen atoms in total. The summed E-state index contributed by atoms with van der Waals surface area (Å²) in [4.78, 5) is 2.63. The highest BCUT2D eigenvalue weighted by molar-refractivity contribution is 5.26. The molecule has 1 aromatic carbocycles. The van der Waals surface area contributed by atoms with Crippen LogP contribution in [-0.2, 0) is 13.0 Å². The first-order valence-corrected chi connectivity index (χ1v) is 8.36. The number of hydrogen-bond acceptors (Lipinski definition) is 2. The number of benzene rings is 1. The lowest BCUT2D eigenvalue weighted by molar-refractivity contribution is 0.195. The Kier molecular flexibility index (Phi) is 6.55. The summed E-state index contributed by atoms with van der Waals surface area (Å²) in [6.45, 7) is 9.39. The summed E-state index contributed by atoms with van der Waals surface area (Å²) in [6, 6.07) is 9.53. The highest BCUT2D eigenvalue weighted by Crippen LogP contribution is 2.14. The Hall–Kier alpha value is -0.860. The fraction of sp³-hybridized carbons (Fsp3) is 0.667. The predicted octanol–water partition coefficient (Wildman–Crippen LogP) is 3.60. The van der Waals surface area contributed by atoms with Crippen molar-refractivity contribution < 1.29 is 0 Å². The fourth-order valence-corrected chi connectivity index (χ4v) is 3.07. The lowest BCUT2D eigenvalue weighted by atomic mass is 10.0. The highest BCUT2D eigenvalue weighted by atomic mass is 15.1. The zero-order valence-electron chi connectivity index (χ0n) is 13.2. The maximum Gasteiger partial charge on any atom is 0.0210 e. The van der Waals surface area contributed by atoms with Crippen LogP contribution in [-0.4, -0.2) is 30.6 Å². The second-order valence-corrected chi connectivity index (χ2v) is 5.97. The monoisotopic (exact) mass is 274 g/mol. The quantitative estimate of drug-likeness (QED) is 0.817. The molecule has 0 amide bonds. The molecular formula is C18H30N2. The van der Waals surface area contributed by atoms with Crippen LogP contribution in [0.25, 0.3) is 0 Å². The molecule has 0 unspecified atom stereocenters. The number of aryl methyl sites for hydroxylation is 1. The van der Waals surface area contributed by atoms with Crippen LogP contribution < -0.4 is 5.32 Å². The van der Waals surface area contributed by atoms with Gasteiger partial charge in [0.25, 0.3) is 0 Å². The minimum atomic E-state index is 0.706. The van der Waals surface area contributed by atoms with E-state index < -0.39 is 0 Å². The van der Waals surface area contributed by atoms with E-state index in [-0.39, 0.29) is 0 Å². The molecule has 112 valence electrons. The molecule has 0 saturated carbocycles. The zero-order chi connectivity index (χ0) is 14.2. The molecule has 0 atom stereocenters. The number of piperidine rings is 1. The van der Waals surface area contributed by atoms with Gasteiger partial charge >= 0.3 is 0 Å². The van der Waals surface area contributed by atoms with Gasteiger partial charge in [0.2, 0.25) is 0 Å². The normalized spacial score (nSPS) is 17.5. The number of hydrogen-bond donors (Lipinski definition) is 1. The van der Waals surface area contributed by atoms with Crippen molar-refractivity contribution in [3.63, 3.8) is 0 Å². The molecule has 1 aliphatic heterocycles. The zero-order valence-corrected chi connectivity index (χ0v) is 13.2. The Morgan fingerprint density at radius 1 is 1.10 bits per heavy atom. The first kappa shape index (κ1) is 15.5. The molecule has 1 N–H and O–H groups in total. The second kappa shape index (κ2) is 8.43. The molecule has 0 aromatic heterocycles. The van der Waals surface area contributed by atoms with Gasteiger partial charge in [-0.25, -0.2) is 0 Å². The van der Waals surface area contributed by atoms with Gasteiger partial charge in [-0.3, -0.25) is 0 Å². The summed E-state index contributed by atoms with van der Waals surface area (Å²) in [5.74, 6) is 0. The van der Waals surface area contributed by atoms with E-state index in [4.69, 9.17) is 0 Å². The van der Waals surface area contributed by atoms with E-state index in [1.54, 1.807) is 0 Å². The van der Waals surface area contributed by atoms with Gasteiger partial charge in [0.15, 0.2) is 0 Å². The summed E-state index contributed by atoms with van der Waals surface area (Å²) in [7, 11) is 0. The molecule has 1 heterocycles. The molecule has 0 aliphatic carbocycles. The molecule has 2 rings (SSSR count). The molecule has 1 aliphatic rings. The maximum absolute atomic E-state index is 3.76. The number of nitrogens with one attached hydrogen (secondary N) is 1. The van der Waals surface area contributed by atoms with Crippen LogP contribution in [0.2, 0.25) is 0 Å². The Bertz CT molecular complexity index is 381. The standard InChI is InChI=1S/C18H30N2/c1-3-5-12-20-13-10-18(11-14-20)19-15-17-9-7-6-8-16(17)4-2/h6-9,18-19H,3-5,10-15H2,1-2H3. The highest BCUT2D eigenvalue weighted by Gasteiger charge is 2.18. The summed E-state index contributed by atoms with van der Waals surface area (Å²) in [5.41, 5.74) is 2.96. The minimum Gasteiger partial charge on any atom is -0.310 e. The lowest BCUT2D eigenvalue weighted by Crippen LogP contribution is -2.42. The van der Waals surface area contributed by atoms with E-state index in [1.165, 1.54) is 56.4 Å². The number of likely N-dealkylation sites (tertiary alicyclic amines) is 1. The van der Waals surface area contributed by atoms with Gasteiger partial charge < -0.3 is 10.2 Å². The predicted molar refractivity (Wildman–Crippen MR) is 87.0 cm³/mol. The fourth-order valence-electron chi connectivity index (χ4n) is 3.07. The summed E-state index contributed by atoms with van der Waals surface area (Å²) >= 11 is 0. The van der Waals surface area contributed by atoms with Crippen LogP contribution in [0.15, 0.2) is 24.3 Å². The maximum atomic E-state index is 3.76. The van der Waals surface area contributed by atoms with Crippen LogP contribution in [0.4, 0.5) is 0 Å². The average molecular weight is 274 g/mol. The van der Waals surface area contributed by atoms with Gasteiger partial charge in [0, 0.05) is 12.6 Å². The first-order chi connectivity index (χ1) is 9.83. The lowest BCUT2D eigenvalue weighted by Gasteiger charge is -2.32. The van der Waals surface area contributed by atoms with Crippen molar-refractivity contribution in [1.82, 2.24) is 10.2 Å². The largest absolute Gasteiger partial charge is 0.310 e. The van der Waals surface area contributed by atoms with Crippen LogP contribution in [0.1, 0.15) is 50.7 Å². The van der Waals surface area contributed by atoms with Gasteiger partial charge in [0.1, 0.15) is 0 Å². The smallest absolute Gasteiger partial charge is 0.0210 e.